The molecule has 0 saturated heterocycles. The van der Waals surface area contributed by atoms with E-state index in [9.17, 15) is 9.90 Å². The van der Waals surface area contributed by atoms with Crippen molar-refractivity contribution in [3.8, 4) is 0 Å². The second-order valence-electron chi connectivity index (χ2n) is 3.86. The van der Waals surface area contributed by atoms with Crippen LogP contribution >= 0.6 is 23.2 Å². The first-order valence-corrected chi connectivity index (χ1v) is 6.08. The van der Waals surface area contributed by atoms with Crippen LogP contribution in [-0.2, 0) is 4.79 Å². The van der Waals surface area contributed by atoms with Gasteiger partial charge in [-0.2, -0.15) is 0 Å². The Kier molecular flexibility index (Phi) is 3.90. The van der Waals surface area contributed by atoms with E-state index in [0.717, 1.165) is 0 Å². The monoisotopic (exact) mass is 280 g/mol. The summed E-state index contributed by atoms with van der Waals surface area (Å²) in [6, 6.07) is 13.9. The van der Waals surface area contributed by atoms with E-state index in [4.69, 9.17) is 23.2 Å². The minimum Gasteiger partial charge on any atom is -0.481 e. The van der Waals surface area contributed by atoms with Crippen LogP contribution in [0.25, 0.3) is 0 Å². The highest BCUT2D eigenvalue weighted by Crippen LogP contribution is 2.30. The van der Waals surface area contributed by atoms with Crippen LogP contribution in [0.2, 0.25) is 10.0 Å². The van der Waals surface area contributed by atoms with Crippen molar-refractivity contribution in [2.24, 2.45) is 0 Å². The van der Waals surface area contributed by atoms with E-state index in [1.165, 1.54) is 0 Å². The third-order valence-electron chi connectivity index (χ3n) is 2.66. The number of benzene rings is 2. The molecule has 0 radical (unpaired) electrons. The lowest BCUT2D eigenvalue weighted by Crippen LogP contribution is -2.12. The molecule has 0 amide bonds. The summed E-state index contributed by atoms with van der Waals surface area (Å²) in [4.78, 5) is 11.4. The van der Waals surface area contributed by atoms with Crippen LogP contribution in [0.1, 0.15) is 17.0 Å². The molecule has 18 heavy (non-hydrogen) atoms. The summed E-state index contributed by atoms with van der Waals surface area (Å²) in [5, 5.41) is 10.1. The largest absolute Gasteiger partial charge is 0.481 e. The zero-order valence-corrected chi connectivity index (χ0v) is 10.8. The van der Waals surface area contributed by atoms with Gasteiger partial charge in [-0.15, -0.1) is 0 Å². The van der Waals surface area contributed by atoms with Crippen molar-refractivity contribution in [2.75, 3.05) is 0 Å². The number of carbonyl (C=O) groups is 1. The average molecular weight is 281 g/mol. The number of aliphatic carboxylic acids is 1. The number of carboxylic acids is 1. The molecule has 1 N–H and O–H groups in total. The molecule has 0 unspecified atom stereocenters. The summed E-state index contributed by atoms with van der Waals surface area (Å²) >= 11 is 11.8. The van der Waals surface area contributed by atoms with Gasteiger partial charge in [-0.05, 0) is 23.3 Å². The van der Waals surface area contributed by atoms with Gasteiger partial charge in [-0.3, -0.25) is 4.79 Å². The molecule has 0 bridgehead atoms. The third kappa shape index (κ3) is 2.66. The van der Waals surface area contributed by atoms with Crippen molar-refractivity contribution in [1.29, 1.82) is 0 Å². The predicted octanol–water partition coefficient (Wildman–Crippen LogP) is 4.21. The number of halogens is 2. The molecule has 0 spiro atoms. The normalized spacial score (nSPS) is 12.1. The van der Waals surface area contributed by atoms with Gasteiger partial charge in [-0.1, -0.05) is 59.6 Å². The molecule has 0 heterocycles. The van der Waals surface area contributed by atoms with E-state index in [1.54, 1.807) is 30.3 Å². The molecule has 1 atom stereocenters. The standard InChI is InChI=1S/C14H10Cl2O2/c15-11-7-6-10(8-12(11)16)13(14(17)18)9-4-2-1-3-5-9/h1-8,13H,(H,17,18)/t13-/m1/s1. The van der Waals surface area contributed by atoms with E-state index in [1.807, 2.05) is 18.2 Å². The molecule has 0 aliphatic heterocycles. The second kappa shape index (κ2) is 5.42. The van der Waals surface area contributed by atoms with Crippen LogP contribution in [0.4, 0.5) is 0 Å². The molecule has 0 aliphatic rings. The Hall–Kier alpha value is -1.51. The predicted molar refractivity (Wildman–Crippen MR) is 72.4 cm³/mol. The van der Waals surface area contributed by atoms with Gasteiger partial charge in [0, 0.05) is 0 Å². The molecular weight excluding hydrogens is 271 g/mol. The minimum absolute atomic E-state index is 0.358. The number of carboxylic acid groups (broad SMARTS) is 1. The van der Waals surface area contributed by atoms with Gasteiger partial charge < -0.3 is 5.11 Å². The molecule has 0 aliphatic carbocycles. The smallest absolute Gasteiger partial charge is 0.315 e. The summed E-state index contributed by atoms with van der Waals surface area (Å²) in [7, 11) is 0. The molecule has 0 fully saturated rings. The lowest BCUT2D eigenvalue weighted by atomic mass is 9.91. The van der Waals surface area contributed by atoms with Gasteiger partial charge in [0.25, 0.3) is 0 Å². The van der Waals surface area contributed by atoms with Gasteiger partial charge in [-0.25, -0.2) is 0 Å². The van der Waals surface area contributed by atoms with Crippen LogP contribution < -0.4 is 0 Å². The van der Waals surface area contributed by atoms with Crippen LogP contribution in [0.5, 0.6) is 0 Å². The van der Waals surface area contributed by atoms with Gasteiger partial charge in [0.1, 0.15) is 5.92 Å². The van der Waals surface area contributed by atoms with Gasteiger partial charge in [0.2, 0.25) is 0 Å². The Labute approximate surface area is 115 Å². The Balaban J connectivity index is 2.49. The molecular formula is C14H10Cl2O2. The molecule has 2 aromatic rings. The van der Waals surface area contributed by atoms with Crippen LogP contribution in [-0.4, -0.2) is 11.1 Å². The first-order chi connectivity index (χ1) is 8.59. The fourth-order valence-corrected chi connectivity index (χ4v) is 2.12. The molecule has 92 valence electrons. The second-order valence-corrected chi connectivity index (χ2v) is 4.67. The highest BCUT2D eigenvalue weighted by molar-refractivity contribution is 6.42. The maximum absolute atomic E-state index is 11.4. The molecule has 4 heteroatoms. The van der Waals surface area contributed by atoms with E-state index in [0.29, 0.717) is 21.2 Å². The van der Waals surface area contributed by atoms with Crippen LogP contribution in [0, 0.1) is 0 Å². The van der Waals surface area contributed by atoms with Crippen LogP contribution in [0.3, 0.4) is 0 Å². The molecule has 2 aromatic carbocycles. The summed E-state index contributed by atoms with van der Waals surface area (Å²) in [5.41, 5.74) is 1.33. The van der Waals surface area contributed by atoms with E-state index in [2.05, 4.69) is 0 Å². The van der Waals surface area contributed by atoms with Crippen molar-refractivity contribution in [3.63, 3.8) is 0 Å². The summed E-state index contributed by atoms with van der Waals surface area (Å²) in [6.07, 6.45) is 0. The lowest BCUT2D eigenvalue weighted by Gasteiger charge is -2.13. The summed E-state index contributed by atoms with van der Waals surface area (Å²) in [5.74, 6) is -1.65. The topological polar surface area (TPSA) is 37.3 Å². The maximum atomic E-state index is 11.4. The molecule has 0 aromatic heterocycles. The van der Waals surface area contributed by atoms with Crippen molar-refractivity contribution >= 4 is 29.2 Å². The number of rotatable bonds is 3. The van der Waals surface area contributed by atoms with E-state index in [-0.39, 0.29) is 0 Å². The zero-order chi connectivity index (χ0) is 13.1. The van der Waals surface area contributed by atoms with Crippen molar-refractivity contribution in [3.05, 3.63) is 69.7 Å². The summed E-state index contributed by atoms with van der Waals surface area (Å²) in [6.45, 7) is 0. The molecule has 2 nitrogen and oxygen atoms in total. The lowest BCUT2D eigenvalue weighted by molar-refractivity contribution is -0.137. The quantitative estimate of drug-likeness (QED) is 0.915. The average Bonchev–Trinajstić information content (AvgIpc) is 2.35. The van der Waals surface area contributed by atoms with Gasteiger partial charge in [0.05, 0.1) is 10.0 Å². The Bertz CT molecular complexity index is 567. The fourth-order valence-electron chi connectivity index (χ4n) is 1.82. The van der Waals surface area contributed by atoms with Gasteiger partial charge >= 0.3 is 5.97 Å². The van der Waals surface area contributed by atoms with Crippen molar-refractivity contribution in [2.45, 2.75) is 5.92 Å². The Morgan fingerprint density at radius 2 is 1.61 bits per heavy atom. The third-order valence-corrected chi connectivity index (χ3v) is 3.40. The van der Waals surface area contributed by atoms with E-state index >= 15 is 0 Å². The highest BCUT2D eigenvalue weighted by atomic mass is 35.5. The van der Waals surface area contributed by atoms with E-state index < -0.39 is 11.9 Å². The highest BCUT2D eigenvalue weighted by Gasteiger charge is 2.22. The maximum Gasteiger partial charge on any atom is 0.315 e. The zero-order valence-electron chi connectivity index (χ0n) is 9.31. The number of hydrogen-bond donors (Lipinski definition) is 1. The SMILES string of the molecule is O=C(O)[C@H](c1ccccc1)c1ccc(Cl)c(Cl)c1. The summed E-state index contributed by atoms with van der Waals surface area (Å²) < 4.78 is 0. The number of hydrogen-bond acceptors (Lipinski definition) is 1. The molecule has 2 rings (SSSR count). The fraction of sp³-hybridized carbons (Fsp3) is 0.0714. The molecule has 0 saturated carbocycles. The van der Waals surface area contributed by atoms with Crippen LogP contribution in [0.15, 0.2) is 48.5 Å². The first kappa shape index (κ1) is 12.9. The minimum atomic E-state index is -0.917. The Morgan fingerprint density at radius 3 is 2.17 bits per heavy atom. The Morgan fingerprint density at radius 1 is 0.944 bits per heavy atom. The van der Waals surface area contributed by atoms with Crippen molar-refractivity contribution < 1.29 is 9.90 Å². The van der Waals surface area contributed by atoms with Crippen molar-refractivity contribution in [1.82, 2.24) is 0 Å². The first-order valence-electron chi connectivity index (χ1n) is 5.32. The van der Waals surface area contributed by atoms with Gasteiger partial charge in [0.15, 0.2) is 0 Å².